The molecule has 1 aliphatic heterocycles. The van der Waals surface area contributed by atoms with Crippen LogP contribution in [0.25, 0.3) is 0 Å². The quantitative estimate of drug-likeness (QED) is 0.787. The molecule has 0 radical (unpaired) electrons. The Morgan fingerprint density at radius 1 is 1.27 bits per heavy atom. The molecule has 1 amide bonds. The minimum atomic E-state index is 0.0122. The van der Waals surface area contributed by atoms with Gasteiger partial charge in [0.15, 0.2) is 10.9 Å². The topological polar surface area (TPSA) is 36.7 Å². The summed E-state index contributed by atoms with van der Waals surface area (Å²) in [6.07, 6.45) is 3.04. The van der Waals surface area contributed by atoms with Gasteiger partial charge in [0.1, 0.15) is 0 Å². The molecule has 118 valence electrons. The van der Waals surface area contributed by atoms with Crippen LogP contribution in [-0.4, -0.2) is 54.7 Å². The van der Waals surface area contributed by atoms with E-state index in [1.807, 2.05) is 28.6 Å². The average molecular weight is 336 g/mol. The summed E-state index contributed by atoms with van der Waals surface area (Å²) in [5.41, 5.74) is 0. The summed E-state index contributed by atoms with van der Waals surface area (Å²) in [5, 5.41) is 2.91. The first-order valence-electron chi connectivity index (χ1n) is 7.44. The van der Waals surface area contributed by atoms with Gasteiger partial charge >= 0.3 is 0 Å². The van der Waals surface area contributed by atoms with Crippen molar-refractivity contribution in [3.63, 3.8) is 0 Å². The van der Waals surface area contributed by atoms with E-state index in [0.717, 1.165) is 44.2 Å². The fraction of sp³-hybridized carbons (Fsp3) is 0.438. The third-order valence-corrected chi connectivity index (χ3v) is 5.47. The van der Waals surface area contributed by atoms with Crippen LogP contribution in [0.2, 0.25) is 0 Å². The number of nitrogens with zero attached hydrogens (tertiary/aromatic N) is 2. The van der Waals surface area contributed by atoms with Gasteiger partial charge < -0.3 is 9.32 Å². The van der Waals surface area contributed by atoms with Crippen molar-refractivity contribution in [2.24, 2.45) is 0 Å². The summed E-state index contributed by atoms with van der Waals surface area (Å²) >= 11 is 3.33. The number of thioether (sulfide) groups is 1. The maximum absolute atomic E-state index is 12.4. The lowest BCUT2D eigenvalue weighted by Crippen LogP contribution is -2.49. The van der Waals surface area contributed by atoms with Crippen molar-refractivity contribution < 1.29 is 9.21 Å². The van der Waals surface area contributed by atoms with Crippen molar-refractivity contribution in [2.45, 2.75) is 11.5 Å². The molecule has 1 fully saturated rings. The summed E-state index contributed by atoms with van der Waals surface area (Å²) in [6, 6.07) is 7.92. The lowest BCUT2D eigenvalue weighted by atomic mass is 10.2. The molecule has 2 aromatic heterocycles. The van der Waals surface area contributed by atoms with Gasteiger partial charge in [-0.1, -0.05) is 17.8 Å². The van der Waals surface area contributed by atoms with E-state index in [9.17, 15) is 4.79 Å². The molecule has 1 aliphatic rings. The molecule has 0 aromatic carbocycles. The Morgan fingerprint density at radius 2 is 2.09 bits per heavy atom. The van der Waals surface area contributed by atoms with Crippen LogP contribution >= 0.6 is 23.1 Å². The van der Waals surface area contributed by atoms with Gasteiger partial charge in [-0.15, -0.1) is 11.3 Å². The zero-order valence-electron chi connectivity index (χ0n) is 12.7. The molecule has 3 rings (SSSR count). The SMILES string of the molecule is CSc1ccc(C(=O)N2CCN(CCc3cccs3)CC2)o1. The first-order chi connectivity index (χ1) is 10.8. The van der Waals surface area contributed by atoms with E-state index >= 15 is 0 Å². The fourth-order valence-corrected chi connectivity index (χ4v) is 3.67. The van der Waals surface area contributed by atoms with Crippen molar-refractivity contribution >= 4 is 29.0 Å². The van der Waals surface area contributed by atoms with E-state index in [0.29, 0.717) is 5.76 Å². The highest BCUT2D eigenvalue weighted by Crippen LogP contribution is 2.20. The molecule has 0 spiro atoms. The normalized spacial score (nSPS) is 16.1. The van der Waals surface area contributed by atoms with Gasteiger partial charge in [0, 0.05) is 37.6 Å². The van der Waals surface area contributed by atoms with Crippen LogP contribution in [0.15, 0.2) is 39.2 Å². The molecule has 3 heterocycles. The van der Waals surface area contributed by atoms with Crippen molar-refractivity contribution in [1.82, 2.24) is 9.80 Å². The standard InChI is InChI=1S/C16H20N2O2S2/c1-21-15-5-4-14(20-15)16(19)18-10-8-17(9-11-18)7-6-13-3-2-12-22-13/h2-5,12H,6-11H2,1H3. The van der Waals surface area contributed by atoms with E-state index in [4.69, 9.17) is 4.42 Å². The molecule has 1 saturated heterocycles. The number of furan rings is 1. The molecule has 0 atom stereocenters. The van der Waals surface area contributed by atoms with Gasteiger partial charge in [0.25, 0.3) is 5.91 Å². The third kappa shape index (κ3) is 3.74. The summed E-state index contributed by atoms with van der Waals surface area (Å²) in [6.45, 7) is 4.50. The van der Waals surface area contributed by atoms with E-state index in [2.05, 4.69) is 22.4 Å². The maximum atomic E-state index is 12.4. The average Bonchev–Trinajstić information content (AvgIpc) is 3.24. The summed E-state index contributed by atoms with van der Waals surface area (Å²) in [7, 11) is 0. The Kier molecular flexibility index (Phi) is 5.23. The van der Waals surface area contributed by atoms with Crippen molar-refractivity contribution in [1.29, 1.82) is 0 Å². The summed E-state index contributed by atoms with van der Waals surface area (Å²) < 4.78 is 5.53. The van der Waals surface area contributed by atoms with Gasteiger partial charge in [-0.3, -0.25) is 9.69 Å². The number of carbonyl (C=O) groups is 1. The number of rotatable bonds is 5. The molecule has 0 bridgehead atoms. The molecule has 6 heteroatoms. The number of thiophene rings is 1. The molecule has 0 saturated carbocycles. The zero-order valence-corrected chi connectivity index (χ0v) is 14.3. The highest BCUT2D eigenvalue weighted by molar-refractivity contribution is 7.98. The van der Waals surface area contributed by atoms with Crippen molar-refractivity contribution in [3.8, 4) is 0 Å². The van der Waals surface area contributed by atoms with Gasteiger partial charge in [0.05, 0.1) is 0 Å². The molecule has 2 aromatic rings. The fourth-order valence-electron chi connectivity index (χ4n) is 2.60. The lowest BCUT2D eigenvalue weighted by Gasteiger charge is -2.34. The Bertz CT molecular complexity index is 601. The Hall–Kier alpha value is -1.24. The Balaban J connectivity index is 1.47. The second-order valence-electron chi connectivity index (χ2n) is 5.29. The molecular weight excluding hydrogens is 316 g/mol. The van der Waals surface area contributed by atoms with E-state index in [1.165, 1.54) is 16.6 Å². The molecular formula is C16H20N2O2S2. The Morgan fingerprint density at radius 3 is 2.73 bits per heavy atom. The van der Waals surface area contributed by atoms with E-state index in [1.54, 1.807) is 6.07 Å². The van der Waals surface area contributed by atoms with Crippen LogP contribution in [0.5, 0.6) is 0 Å². The summed E-state index contributed by atoms with van der Waals surface area (Å²) in [5.74, 6) is 0.467. The lowest BCUT2D eigenvalue weighted by molar-refractivity contribution is 0.0603. The van der Waals surface area contributed by atoms with E-state index < -0.39 is 0 Å². The van der Waals surface area contributed by atoms with Gasteiger partial charge in [-0.2, -0.15) is 0 Å². The van der Waals surface area contributed by atoms with Gasteiger partial charge in [-0.25, -0.2) is 0 Å². The smallest absolute Gasteiger partial charge is 0.289 e. The van der Waals surface area contributed by atoms with Crippen molar-refractivity contribution in [2.75, 3.05) is 39.0 Å². The van der Waals surface area contributed by atoms with Crippen LogP contribution in [0.3, 0.4) is 0 Å². The van der Waals surface area contributed by atoms with Gasteiger partial charge in [0.2, 0.25) is 0 Å². The number of carbonyl (C=O) groups excluding carboxylic acids is 1. The van der Waals surface area contributed by atoms with Gasteiger partial charge in [-0.05, 0) is 36.3 Å². The maximum Gasteiger partial charge on any atom is 0.289 e. The number of hydrogen-bond donors (Lipinski definition) is 0. The first kappa shape index (κ1) is 15.6. The van der Waals surface area contributed by atoms with Crippen LogP contribution in [0.1, 0.15) is 15.4 Å². The third-order valence-electron chi connectivity index (χ3n) is 3.91. The van der Waals surface area contributed by atoms with E-state index in [-0.39, 0.29) is 5.91 Å². The second kappa shape index (κ2) is 7.35. The predicted octanol–water partition coefficient (Wildman–Crippen LogP) is 3.06. The zero-order chi connectivity index (χ0) is 15.4. The first-order valence-corrected chi connectivity index (χ1v) is 9.54. The van der Waals surface area contributed by atoms with Crippen LogP contribution in [0.4, 0.5) is 0 Å². The molecule has 0 N–H and O–H groups in total. The Labute approximate surface area is 139 Å². The number of amides is 1. The largest absolute Gasteiger partial charge is 0.445 e. The number of hydrogen-bond acceptors (Lipinski definition) is 5. The van der Waals surface area contributed by atoms with Crippen LogP contribution in [-0.2, 0) is 6.42 Å². The monoisotopic (exact) mass is 336 g/mol. The molecule has 0 aliphatic carbocycles. The molecule has 4 nitrogen and oxygen atoms in total. The van der Waals surface area contributed by atoms with Crippen molar-refractivity contribution in [3.05, 3.63) is 40.3 Å². The number of piperazine rings is 1. The van der Waals surface area contributed by atoms with Crippen LogP contribution in [0, 0.1) is 0 Å². The minimum absolute atomic E-state index is 0.0122. The molecule has 0 unspecified atom stereocenters. The highest BCUT2D eigenvalue weighted by atomic mass is 32.2. The highest BCUT2D eigenvalue weighted by Gasteiger charge is 2.24. The summed E-state index contributed by atoms with van der Waals surface area (Å²) in [4.78, 5) is 18.1. The van der Waals surface area contributed by atoms with Crippen LogP contribution < -0.4 is 0 Å². The predicted molar refractivity (Wildman–Crippen MR) is 90.9 cm³/mol. The minimum Gasteiger partial charge on any atom is -0.445 e. The molecule has 22 heavy (non-hydrogen) atoms. The second-order valence-corrected chi connectivity index (χ2v) is 7.13.